The Balaban J connectivity index is 1.83. The summed E-state index contributed by atoms with van der Waals surface area (Å²) in [5.41, 5.74) is -0.0436. The molecule has 0 radical (unpaired) electrons. The molecular formula is C29H43NO7S2. The summed E-state index contributed by atoms with van der Waals surface area (Å²) in [6.07, 6.45) is 1.61. The molecule has 0 saturated carbocycles. The highest BCUT2D eigenvalue weighted by molar-refractivity contribution is 8.12. The SMILES string of the molecule is CC(=O)SCc1nc(C=C(C)[C@@H]2C[C@@H]3O[C@]3(C)CCC[C@H](C)[C@H](O)[C@@H](C)C(=O)C(C)(C)[C@@H](O)CC(=O)O2)cs1. The zero-order valence-corrected chi connectivity index (χ0v) is 25.7. The van der Waals surface area contributed by atoms with Crippen molar-refractivity contribution in [2.45, 2.75) is 116 Å². The Morgan fingerprint density at radius 1 is 1.23 bits per heavy atom. The molecule has 0 bridgehead atoms. The quantitative estimate of drug-likeness (QED) is 0.375. The Morgan fingerprint density at radius 2 is 1.92 bits per heavy atom. The summed E-state index contributed by atoms with van der Waals surface area (Å²) >= 11 is 2.68. The van der Waals surface area contributed by atoms with Crippen LogP contribution in [0.1, 0.15) is 91.3 Å². The summed E-state index contributed by atoms with van der Waals surface area (Å²) in [5, 5.41) is 24.6. The average molecular weight is 582 g/mol. The molecule has 2 N–H and O–H groups in total. The maximum absolute atomic E-state index is 13.3. The third-order valence-electron chi connectivity index (χ3n) is 8.26. The van der Waals surface area contributed by atoms with Crippen molar-refractivity contribution in [3.63, 3.8) is 0 Å². The van der Waals surface area contributed by atoms with Crippen LogP contribution in [0.25, 0.3) is 6.08 Å². The van der Waals surface area contributed by atoms with Gasteiger partial charge in [0.2, 0.25) is 0 Å². The number of ether oxygens (including phenoxy) is 2. The number of fused-ring (bicyclic) bond motifs is 1. The van der Waals surface area contributed by atoms with Crippen LogP contribution in [0.2, 0.25) is 0 Å². The summed E-state index contributed by atoms with van der Waals surface area (Å²) < 4.78 is 12.0. The van der Waals surface area contributed by atoms with Crippen molar-refractivity contribution in [2.24, 2.45) is 17.3 Å². The predicted molar refractivity (Wildman–Crippen MR) is 153 cm³/mol. The van der Waals surface area contributed by atoms with Gasteiger partial charge in [-0.05, 0) is 44.3 Å². The summed E-state index contributed by atoms with van der Waals surface area (Å²) in [6, 6.07) is 0. The van der Waals surface area contributed by atoms with Gasteiger partial charge in [0.15, 0.2) is 5.12 Å². The van der Waals surface area contributed by atoms with Crippen LogP contribution in [0.4, 0.5) is 0 Å². The lowest BCUT2D eigenvalue weighted by atomic mass is 9.73. The highest BCUT2D eigenvalue weighted by Crippen LogP contribution is 2.45. The van der Waals surface area contributed by atoms with Gasteiger partial charge in [-0.25, -0.2) is 4.98 Å². The van der Waals surface area contributed by atoms with Crippen LogP contribution in [0.3, 0.4) is 0 Å². The maximum atomic E-state index is 13.3. The first kappa shape index (κ1) is 31.9. The van der Waals surface area contributed by atoms with Crippen molar-refractivity contribution in [3.8, 4) is 0 Å². The summed E-state index contributed by atoms with van der Waals surface area (Å²) in [4.78, 5) is 42.2. The van der Waals surface area contributed by atoms with E-state index in [1.807, 2.05) is 25.3 Å². The van der Waals surface area contributed by atoms with Crippen LogP contribution in [0, 0.1) is 17.3 Å². The second-order valence-electron chi connectivity index (χ2n) is 11.9. The summed E-state index contributed by atoms with van der Waals surface area (Å²) in [6.45, 7) is 12.3. The van der Waals surface area contributed by atoms with Gasteiger partial charge in [0.25, 0.3) is 0 Å². The largest absolute Gasteiger partial charge is 0.458 e. The van der Waals surface area contributed by atoms with Gasteiger partial charge in [0, 0.05) is 24.6 Å². The van der Waals surface area contributed by atoms with Crippen molar-refractivity contribution < 1.29 is 34.1 Å². The van der Waals surface area contributed by atoms with E-state index in [2.05, 4.69) is 11.9 Å². The Kier molecular flexibility index (Phi) is 10.6. The molecule has 3 heterocycles. The van der Waals surface area contributed by atoms with Crippen LogP contribution < -0.4 is 0 Å². The number of aliphatic hydroxyl groups is 2. The van der Waals surface area contributed by atoms with E-state index in [1.165, 1.54) is 30.0 Å². The fourth-order valence-electron chi connectivity index (χ4n) is 5.24. The first-order valence-corrected chi connectivity index (χ1v) is 15.5. The molecule has 7 atom stereocenters. The van der Waals surface area contributed by atoms with Crippen molar-refractivity contribution in [3.05, 3.63) is 21.7 Å². The Morgan fingerprint density at radius 3 is 2.59 bits per heavy atom. The standard InChI is InChI=1S/C29H43NO7S2/c1-16-9-8-10-29(7)23(37-29)12-21(17(2)11-20-14-39-24(30-20)15-38-19(4)31)36-25(33)13-22(32)28(5,6)27(35)18(3)26(16)34/h11,14,16,18,21-23,26,32,34H,8-10,12-13,15H2,1-7H3/t16-,18+,21-,22-,23-,26-,29+/m0/s1. The van der Waals surface area contributed by atoms with E-state index >= 15 is 0 Å². The molecule has 39 heavy (non-hydrogen) atoms. The lowest BCUT2D eigenvalue weighted by Gasteiger charge is -2.34. The highest BCUT2D eigenvalue weighted by Gasteiger charge is 2.53. The smallest absolute Gasteiger partial charge is 0.309 e. The third-order valence-corrected chi connectivity index (χ3v) is 10.1. The minimum atomic E-state index is -1.26. The minimum Gasteiger partial charge on any atom is -0.458 e. The number of nitrogens with zero attached hydrogens (tertiary/aromatic N) is 1. The highest BCUT2D eigenvalue weighted by atomic mass is 32.2. The molecule has 2 aliphatic heterocycles. The number of esters is 1. The molecule has 2 aliphatic rings. The summed E-state index contributed by atoms with van der Waals surface area (Å²) in [7, 11) is 0. The van der Waals surface area contributed by atoms with Crippen molar-refractivity contribution in [1.82, 2.24) is 4.98 Å². The van der Waals surface area contributed by atoms with E-state index in [1.54, 1.807) is 20.8 Å². The zero-order chi connectivity index (χ0) is 29.1. The number of carbonyl (C=O) groups is 3. The van der Waals surface area contributed by atoms with E-state index < -0.39 is 35.6 Å². The zero-order valence-electron chi connectivity index (χ0n) is 24.1. The van der Waals surface area contributed by atoms with Gasteiger partial charge in [0.05, 0.1) is 47.2 Å². The molecule has 0 aromatic carbocycles. The number of aliphatic hydroxyl groups excluding tert-OH is 2. The molecule has 0 amide bonds. The Labute approximate surface area is 240 Å². The van der Waals surface area contributed by atoms with Gasteiger partial charge in [-0.2, -0.15) is 0 Å². The van der Waals surface area contributed by atoms with Gasteiger partial charge in [-0.15, -0.1) is 11.3 Å². The molecule has 0 aliphatic carbocycles. The minimum absolute atomic E-state index is 0.0380. The Bertz CT molecular complexity index is 1080. The molecule has 10 heteroatoms. The second-order valence-corrected chi connectivity index (χ2v) is 14.0. The number of ketones is 1. The second kappa shape index (κ2) is 12.9. The van der Waals surface area contributed by atoms with Gasteiger partial charge < -0.3 is 19.7 Å². The van der Waals surface area contributed by atoms with Crippen LogP contribution in [0.15, 0.2) is 11.0 Å². The van der Waals surface area contributed by atoms with Crippen molar-refractivity contribution in [1.29, 1.82) is 0 Å². The molecule has 3 rings (SSSR count). The number of thiazole rings is 1. The first-order valence-electron chi connectivity index (χ1n) is 13.7. The normalized spacial score (nSPS) is 34.7. The summed E-state index contributed by atoms with van der Waals surface area (Å²) in [5.74, 6) is -1.13. The molecule has 218 valence electrons. The fraction of sp³-hybridized carbons (Fsp3) is 0.724. The van der Waals surface area contributed by atoms with Crippen LogP contribution in [-0.2, 0) is 29.6 Å². The van der Waals surface area contributed by atoms with E-state index in [0.717, 1.165) is 35.5 Å². The number of hydrogen-bond acceptors (Lipinski definition) is 10. The average Bonchev–Trinajstić information content (AvgIpc) is 3.27. The number of cyclic esters (lactones) is 1. The molecule has 2 fully saturated rings. The van der Waals surface area contributed by atoms with Crippen LogP contribution in [-0.4, -0.2) is 62.1 Å². The number of aromatic nitrogens is 1. The van der Waals surface area contributed by atoms with Crippen LogP contribution in [0.5, 0.6) is 0 Å². The number of epoxide rings is 1. The van der Waals surface area contributed by atoms with Crippen molar-refractivity contribution >= 4 is 46.0 Å². The first-order chi connectivity index (χ1) is 18.1. The maximum Gasteiger partial charge on any atom is 0.309 e. The number of carbonyl (C=O) groups excluding carboxylic acids is 3. The molecule has 0 spiro atoms. The Hall–Kier alpha value is -1.59. The number of hydrogen-bond donors (Lipinski definition) is 2. The molecule has 1 aromatic rings. The topological polar surface area (TPSA) is 126 Å². The molecular weight excluding hydrogens is 538 g/mol. The lowest BCUT2D eigenvalue weighted by molar-refractivity contribution is -0.154. The van der Waals surface area contributed by atoms with Gasteiger partial charge in [-0.1, -0.05) is 45.9 Å². The van der Waals surface area contributed by atoms with E-state index in [9.17, 15) is 24.6 Å². The van der Waals surface area contributed by atoms with Gasteiger partial charge in [-0.3, -0.25) is 14.4 Å². The molecule has 0 unspecified atom stereocenters. The van der Waals surface area contributed by atoms with E-state index in [-0.39, 0.29) is 34.9 Å². The lowest BCUT2D eigenvalue weighted by Crippen LogP contribution is -2.45. The molecule has 2 saturated heterocycles. The molecule has 8 nitrogen and oxygen atoms in total. The van der Waals surface area contributed by atoms with Crippen molar-refractivity contribution in [2.75, 3.05) is 0 Å². The number of thioether (sulfide) groups is 1. The number of Topliss-reactive ketones (excluding diaryl/α,β-unsaturated/α-hetero) is 1. The van der Waals surface area contributed by atoms with E-state index in [4.69, 9.17) is 9.47 Å². The fourth-order valence-corrected chi connectivity index (χ4v) is 6.62. The third kappa shape index (κ3) is 8.22. The van der Waals surface area contributed by atoms with Gasteiger partial charge >= 0.3 is 5.97 Å². The van der Waals surface area contributed by atoms with E-state index in [0.29, 0.717) is 12.2 Å². The monoisotopic (exact) mass is 581 g/mol. The van der Waals surface area contributed by atoms with Crippen LogP contribution >= 0.6 is 23.1 Å². The number of rotatable bonds is 4. The van der Waals surface area contributed by atoms with Gasteiger partial charge in [0.1, 0.15) is 16.9 Å². The molecule has 1 aromatic heterocycles. The predicted octanol–water partition coefficient (Wildman–Crippen LogP) is 4.95.